The second-order valence-electron chi connectivity index (χ2n) is 3.92. The zero-order chi connectivity index (χ0) is 13.8. The molecular weight excluding hydrogens is 242 g/mol. The summed E-state index contributed by atoms with van der Waals surface area (Å²) in [4.78, 5) is 16.6. The molecule has 0 saturated carbocycles. The van der Waals surface area contributed by atoms with Crippen LogP contribution in [0.5, 0.6) is 0 Å². The molecule has 1 heterocycles. The van der Waals surface area contributed by atoms with E-state index in [9.17, 15) is 4.79 Å². The van der Waals surface area contributed by atoms with Crippen LogP contribution in [0.1, 0.15) is 15.9 Å². The lowest BCUT2D eigenvalue weighted by molar-refractivity contribution is 0.0697. The summed E-state index contributed by atoms with van der Waals surface area (Å²) in [6.07, 6.45) is 3.16. The van der Waals surface area contributed by atoms with Gasteiger partial charge in [-0.25, -0.2) is 4.79 Å². The third kappa shape index (κ3) is 2.53. The van der Waals surface area contributed by atoms with Crippen molar-refractivity contribution in [2.45, 2.75) is 0 Å². The van der Waals surface area contributed by atoms with E-state index < -0.39 is 5.97 Å². The highest BCUT2D eigenvalue weighted by Crippen LogP contribution is 2.25. The summed E-state index contributed by atoms with van der Waals surface area (Å²) in [5, 5.41) is 17.9. The van der Waals surface area contributed by atoms with Crippen LogP contribution in [0.2, 0.25) is 0 Å². The number of nitriles is 1. The first kappa shape index (κ1) is 12.6. The van der Waals surface area contributed by atoms with Gasteiger partial charge in [0.1, 0.15) is 6.07 Å². The summed E-state index contributed by atoms with van der Waals surface area (Å²) in [7, 11) is 1.80. The number of benzene rings is 1. The molecule has 1 N–H and O–H groups in total. The zero-order valence-electron chi connectivity index (χ0n) is 10.2. The Morgan fingerprint density at radius 2 is 2.00 bits per heavy atom. The molecule has 0 aliphatic carbocycles. The number of carbonyl (C=O) groups is 1. The Balaban J connectivity index is 2.36. The van der Waals surface area contributed by atoms with Gasteiger partial charge in [-0.05, 0) is 30.3 Å². The number of aromatic carboxylic acids is 1. The van der Waals surface area contributed by atoms with Gasteiger partial charge in [0.2, 0.25) is 0 Å². The molecule has 0 unspecified atom stereocenters. The monoisotopic (exact) mass is 253 g/mol. The topological polar surface area (TPSA) is 77.2 Å². The van der Waals surface area contributed by atoms with E-state index in [1.54, 1.807) is 42.5 Å². The Hall–Kier alpha value is -2.87. The van der Waals surface area contributed by atoms with Gasteiger partial charge < -0.3 is 10.0 Å². The Bertz CT molecular complexity index is 644. The van der Waals surface area contributed by atoms with Crippen LogP contribution in [0.25, 0.3) is 0 Å². The highest BCUT2D eigenvalue weighted by Gasteiger charge is 2.10. The summed E-state index contributed by atoms with van der Waals surface area (Å²) in [5.74, 6) is -0.965. The number of rotatable bonds is 3. The van der Waals surface area contributed by atoms with E-state index in [2.05, 4.69) is 11.1 Å². The SMILES string of the molecule is CN(c1ccc(C(=O)O)cc1)c1cnccc1C#N. The first-order valence-corrected chi connectivity index (χ1v) is 5.54. The Morgan fingerprint density at radius 1 is 1.32 bits per heavy atom. The average Bonchev–Trinajstić information content (AvgIpc) is 2.46. The summed E-state index contributed by atoms with van der Waals surface area (Å²) in [6.45, 7) is 0. The summed E-state index contributed by atoms with van der Waals surface area (Å²) >= 11 is 0. The molecule has 2 aromatic rings. The molecule has 94 valence electrons. The number of pyridine rings is 1. The molecule has 0 aliphatic rings. The molecule has 2 rings (SSSR count). The smallest absolute Gasteiger partial charge is 0.335 e. The van der Waals surface area contributed by atoms with Crippen LogP contribution in [0.4, 0.5) is 11.4 Å². The quantitative estimate of drug-likeness (QED) is 0.908. The summed E-state index contributed by atoms with van der Waals surface area (Å²) in [6, 6.07) is 10.2. The van der Waals surface area contributed by atoms with Crippen molar-refractivity contribution < 1.29 is 9.90 Å². The van der Waals surface area contributed by atoms with Crippen molar-refractivity contribution in [2.75, 3.05) is 11.9 Å². The number of anilines is 2. The van der Waals surface area contributed by atoms with Gasteiger partial charge in [0, 0.05) is 18.9 Å². The van der Waals surface area contributed by atoms with E-state index in [1.165, 1.54) is 12.1 Å². The Labute approximate surface area is 110 Å². The van der Waals surface area contributed by atoms with Crippen LogP contribution < -0.4 is 4.90 Å². The first-order chi connectivity index (χ1) is 9.13. The van der Waals surface area contributed by atoms with E-state index in [1.807, 2.05) is 0 Å². The lowest BCUT2D eigenvalue weighted by Gasteiger charge is -2.20. The van der Waals surface area contributed by atoms with Gasteiger partial charge in [0.15, 0.2) is 0 Å². The molecule has 0 aliphatic heterocycles. The second kappa shape index (κ2) is 5.19. The lowest BCUT2D eigenvalue weighted by atomic mass is 10.1. The fourth-order valence-corrected chi connectivity index (χ4v) is 1.71. The van der Waals surface area contributed by atoms with Crippen LogP contribution in [0.15, 0.2) is 42.7 Å². The van der Waals surface area contributed by atoms with E-state index >= 15 is 0 Å². The van der Waals surface area contributed by atoms with Crippen LogP contribution in [-0.2, 0) is 0 Å². The van der Waals surface area contributed by atoms with Gasteiger partial charge in [-0.15, -0.1) is 0 Å². The molecule has 0 spiro atoms. The standard InChI is InChI=1S/C14H11N3O2/c1-17(13-9-16-7-6-11(13)8-15)12-4-2-10(3-5-12)14(18)19/h2-7,9H,1H3,(H,18,19). The summed E-state index contributed by atoms with van der Waals surface area (Å²) < 4.78 is 0. The molecule has 0 bridgehead atoms. The number of carboxylic acids is 1. The first-order valence-electron chi connectivity index (χ1n) is 5.54. The maximum absolute atomic E-state index is 10.8. The van der Waals surface area contributed by atoms with Gasteiger partial charge in [-0.1, -0.05) is 0 Å². The van der Waals surface area contributed by atoms with Crippen molar-refractivity contribution in [2.24, 2.45) is 0 Å². The predicted molar refractivity (Wildman–Crippen MR) is 70.4 cm³/mol. The molecule has 1 aromatic heterocycles. The van der Waals surface area contributed by atoms with Gasteiger partial charge in [-0.3, -0.25) is 4.98 Å². The predicted octanol–water partition coefficient (Wildman–Crippen LogP) is 2.42. The van der Waals surface area contributed by atoms with Gasteiger partial charge in [0.25, 0.3) is 0 Å². The Kier molecular flexibility index (Phi) is 3.44. The minimum Gasteiger partial charge on any atom is -0.478 e. The minimum atomic E-state index is -0.965. The normalized spacial score (nSPS) is 9.68. The van der Waals surface area contributed by atoms with E-state index in [0.29, 0.717) is 11.3 Å². The highest BCUT2D eigenvalue weighted by molar-refractivity contribution is 5.88. The number of hydrogen-bond acceptors (Lipinski definition) is 4. The van der Waals surface area contributed by atoms with Gasteiger partial charge in [-0.2, -0.15) is 5.26 Å². The molecule has 0 fully saturated rings. The van der Waals surface area contributed by atoms with Gasteiger partial charge in [0.05, 0.1) is 23.0 Å². The van der Waals surface area contributed by atoms with E-state index in [4.69, 9.17) is 10.4 Å². The van der Waals surface area contributed by atoms with Crippen molar-refractivity contribution in [3.8, 4) is 6.07 Å². The van der Waals surface area contributed by atoms with Crippen LogP contribution in [0, 0.1) is 11.3 Å². The second-order valence-corrected chi connectivity index (χ2v) is 3.92. The molecule has 0 amide bonds. The molecule has 1 aromatic carbocycles. The van der Waals surface area contributed by atoms with Crippen molar-refractivity contribution in [1.82, 2.24) is 4.98 Å². The van der Waals surface area contributed by atoms with Crippen molar-refractivity contribution in [3.63, 3.8) is 0 Å². The fourth-order valence-electron chi connectivity index (χ4n) is 1.71. The maximum atomic E-state index is 10.8. The molecular formula is C14H11N3O2. The molecule has 0 saturated heterocycles. The van der Waals surface area contributed by atoms with Crippen molar-refractivity contribution in [1.29, 1.82) is 5.26 Å². The molecule has 0 radical (unpaired) electrons. The van der Waals surface area contributed by atoms with Crippen molar-refractivity contribution in [3.05, 3.63) is 53.9 Å². The number of carboxylic acid groups (broad SMARTS) is 1. The lowest BCUT2D eigenvalue weighted by Crippen LogP contribution is -2.11. The molecule has 5 nitrogen and oxygen atoms in total. The molecule has 19 heavy (non-hydrogen) atoms. The van der Waals surface area contributed by atoms with Crippen LogP contribution >= 0.6 is 0 Å². The van der Waals surface area contributed by atoms with E-state index in [0.717, 1.165) is 5.69 Å². The third-order valence-electron chi connectivity index (χ3n) is 2.78. The minimum absolute atomic E-state index is 0.226. The van der Waals surface area contributed by atoms with Crippen LogP contribution in [0.3, 0.4) is 0 Å². The summed E-state index contributed by atoms with van der Waals surface area (Å²) in [5.41, 5.74) is 2.20. The Morgan fingerprint density at radius 3 is 2.58 bits per heavy atom. The van der Waals surface area contributed by atoms with Crippen LogP contribution in [-0.4, -0.2) is 23.1 Å². The number of nitrogens with zero attached hydrogens (tertiary/aromatic N) is 3. The maximum Gasteiger partial charge on any atom is 0.335 e. The van der Waals surface area contributed by atoms with Crippen molar-refractivity contribution >= 4 is 17.3 Å². The molecule has 5 heteroatoms. The average molecular weight is 253 g/mol. The zero-order valence-corrected chi connectivity index (χ0v) is 10.2. The van der Waals surface area contributed by atoms with E-state index in [-0.39, 0.29) is 5.56 Å². The number of hydrogen-bond donors (Lipinski definition) is 1. The highest BCUT2D eigenvalue weighted by atomic mass is 16.4. The number of aromatic nitrogens is 1. The molecule has 0 atom stereocenters. The van der Waals surface area contributed by atoms with Gasteiger partial charge >= 0.3 is 5.97 Å². The third-order valence-corrected chi connectivity index (χ3v) is 2.78. The largest absolute Gasteiger partial charge is 0.478 e. The fraction of sp³-hybridized carbons (Fsp3) is 0.0714.